The summed E-state index contributed by atoms with van der Waals surface area (Å²) in [6, 6.07) is 7.25. The number of halogens is 2. The molecule has 22 heavy (non-hydrogen) atoms. The summed E-state index contributed by atoms with van der Waals surface area (Å²) >= 11 is 0. The van der Waals surface area contributed by atoms with E-state index in [1.54, 1.807) is 0 Å². The maximum atomic E-state index is 13.2. The molecule has 0 aromatic heterocycles. The molecule has 2 aromatic rings. The van der Waals surface area contributed by atoms with E-state index in [4.69, 9.17) is 11.5 Å². The molecule has 114 valence electrons. The molecular formula is C14H10F2N2O2S2. The van der Waals surface area contributed by atoms with Gasteiger partial charge in [-0.15, -0.1) is 0 Å². The van der Waals surface area contributed by atoms with Crippen molar-refractivity contribution in [3.63, 3.8) is 0 Å². The molecule has 0 aliphatic heterocycles. The first kappa shape index (κ1) is 16.3. The minimum absolute atomic E-state index is 0.0280. The van der Waals surface area contributed by atoms with Crippen molar-refractivity contribution in [2.75, 3.05) is 0 Å². The average molecular weight is 340 g/mol. The lowest BCUT2D eigenvalue weighted by Gasteiger charge is -2.08. The Labute approximate surface area is 132 Å². The Morgan fingerprint density at radius 2 is 1.14 bits per heavy atom. The van der Waals surface area contributed by atoms with Crippen LogP contribution >= 0.6 is 21.6 Å². The Kier molecular flexibility index (Phi) is 5.04. The Bertz CT molecular complexity index is 690. The van der Waals surface area contributed by atoms with Crippen LogP contribution in [-0.4, -0.2) is 11.8 Å². The summed E-state index contributed by atoms with van der Waals surface area (Å²) in [4.78, 5) is 23.5. The van der Waals surface area contributed by atoms with E-state index in [1.807, 2.05) is 0 Å². The monoisotopic (exact) mass is 340 g/mol. The maximum Gasteiger partial charge on any atom is 0.249 e. The van der Waals surface area contributed by atoms with Gasteiger partial charge in [-0.05, 0) is 36.4 Å². The van der Waals surface area contributed by atoms with E-state index < -0.39 is 23.4 Å². The molecule has 2 aromatic carbocycles. The summed E-state index contributed by atoms with van der Waals surface area (Å²) in [7, 11) is 2.19. The molecule has 0 aliphatic carbocycles. The van der Waals surface area contributed by atoms with Gasteiger partial charge in [-0.1, -0.05) is 21.6 Å². The van der Waals surface area contributed by atoms with E-state index in [1.165, 1.54) is 24.3 Å². The van der Waals surface area contributed by atoms with Gasteiger partial charge in [-0.3, -0.25) is 9.59 Å². The Hall–Kier alpha value is -2.06. The van der Waals surface area contributed by atoms with Crippen LogP contribution < -0.4 is 11.5 Å². The summed E-state index contributed by atoms with van der Waals surface area (Å²) in [5.74, 6) is -2.70. The lowest BCUT2D eigenvalue weighted by Crippen LogP contribution is -2.13. The minimum Gasteiger partial charge on any atom is -0.366 e. The first-order valence-electron chi connectivity index (χ1n) is 5.91. The molecule has 4 N–H and O–H groups in total. The molecule has 0 saturated carbocycles. The average Bonchev–Trinajstić information content (AvgIpc) is 2.46. The minimum atomic E-state index is -0.767. The first-order valence-corrected chi connectivity index (χ1v) is 8.06. The molecule has 0 fully saturated rings. The smallest absolute Gasteiger partial charge is 0.249 e. The van der Waals surface area contributed by atoms with Gasteiger partial charge in [-0.2, -0.15) is 0 Å². The highest BCUT2D eigenvalue weighted by Crippen LogP contribution is 2.40. The standard InChI is InChI=1S/C14H10F2N2O2S2/c15-7-1-3-11(9(5-7)13(17)19)21-22-12-4-2-8(16)6-10(12)14(18)20/h1-6H,(H2,17,19)(H2,18,20). The van der Waals surface area contributed by atoms with Gasteiger partial charge in [0.25, 0.3) is 0 Å². The predicted octanol–water partition coefficient (Wildman–Crippen LogP) is 2.96. The van der Waals surface area contributed by atoms with Gasteiger partial charge < -0.3 is 11.5 Å². The molecule has 0 atom stereocenters. The molecule has 0 bridgehead atoms. The highest BCUT2D eigenvalue weighted by Gasteiger charge is 2.14. The van der Waals surface area contributed by atoms with E-state index in [0.29, 0.717) is 9.79 Å². The number of rotatable bonds is 5. The van der Waals surface area contributed by atoms with Gasteiger partial charge >= 0.3 is 0 Å². The van der Waals surface area contributed by atoms with Crippen LogP contribution in [0.15, 0.2) is 46.2 Å². The van der Waals surface area contributed by atoms with Gasteiger partial charge in [0.15, 0.2) is 0 Å². The summed E-state index contributed by atoms with van der Waals surface area (Å²) in [5, 5.41) is 0. The maximum absolute atomic E-state index is 13.2. The molecule has 0 saturated heterocycles. The van der Waals surface area contributed by atoms with E-state index in [2.05, 4.69) is 0 Å². The quantitative estimate of drug-likeness (QED) is 0.819. The van der Waals surface area contributed by atoms with Crippen molar-refractivity contribution in [2.45, 2.75) is 9.79 Å². The van der Waals surface area contributed by atoms with Crippen LogP contribution in [0.1, 0.15) is 20.7 Å². The number of carbonyl (C=O) groups excluding carboxylic acids is 2. The lowest BCUT2D eigenvalue weighted by molar-refractivity contribution is 0.0988. The van der Waals surface area contributed by atoms with E-state index >= 15 is 0 Å². The fourth-order valence-corrected chi connectivity index (χ4v) is 3.96. The van der Waals surface area contributed by atoms with Crippen LogP contribution in [-0.2, 0) is 0 Å². The number of hydrogen-bond donors (Lipinski definition) is 2. The highest BCUT2D eigenvalue weighted by atomic mass is 33.1. The number of hydrogen-bond acceptors (Lipinski definition) is 4. The molecule has 0 heterocycles. The van der Waals surface area contributed by atoms with Crippen LogP contribution in [0.3, 0.4) is 0 Å². The van der Waals surface area contributed by atoms with E-state index in [0.717, 1.165) is 33.7 Å². The molecular weight excluding hydrogens is 330 g/mol. The summed E-state index contributed by atoms with van der Waals surface area (Å²) in [6.45, 7) is 0. The van der Waals surface area contributed by atoms with Crippen LogP contribution in [0.4, 0.5) is 8.78 Å². The zero-order valence-corrected chi connectivity index (χ0v) is 12.6. The molecule has 0 radical (unpaired) electrons. The third-order valence-electron chi connectivity index (χ3n) is 2.64. The molecule has 0 unspecified atom stereocenters. The Balaban J connectivity index is 2.28. The van der Waals surface area contributed by atoms with E-state index in [-0.39, 0.29) is 11.1 Å². The third-order valence-corrected chi connectivity index (χ3v) is 5.12. The van der Waals surface area contributed by atoms with Gasteiger partial charge in [0.2, 0.25) is 11.8 Å². The van der Waals surface area contributed by atoms with Crippen molar-refractivity contribution in [3.05, 3.63) is 59.2 Å². The van der Waals surface area contributed by atoms with Crippen molar-refractivity contribution < 1.29 is 18.4 Å². The topological polar surface area (TPSA) is 86.2 Å². The predicted molar refractivity (Wildman–Crippen MR) is 81.5 cm³/mol. The molecule has 2 rings (SSSR count). The molecule has 8 heteroatoms. The van der Waals surface area contributed by atoms with Gasteiger partial charge in [0.1, 0.15) is 11.6 Å². The van der Waals surface area contributed by atoms with Crippen LogP contribution in [0.2, 0.25) is 0 Å². The SMILES string of the molecule is NC(=O)c1cc(F)ccc1SSc1ccc(F)cc1C(N)=O. The Morgan fingerprint density at radius 3 is 1.45 bits per heavy atom. The number of primary amides is 2. The summed E-state index contributed by atoms with van der Waals surface area (Å²) in [5.41, 5.74) is 10.5. The summed E-state index contributed by atoms with van der Waals surface area (Å²) in [6.07, 6.45) is 0. The van der Waals surface area contributed by atoms with Crippen molar-refractivity contribution in [1.82, 2.24) is 0 Å². The second-order valence-corrected chi connectivity index (χ2v) is 6.39. The van der Waals surface area contributed by atoms with Crippen LogP contribution in [0.5, 0.6) is 0 Å². The lowest BCUT2D eigenvalue weighted by atomic mass is 10.2. The van der Waals surface area contributed by atoms with Crippen LogP contribution in [0.25, 0.3) is 0 Å². The number of amides is 2. The largest absolute Gasteiger partial charge is 0.366 e. The zero-order valence-electron chi connectivity index (χ0n) is 11.0. The Morgan fingerprint density at radius 1 is 0.773 bits per heavy atom. The van der Waals surface area contributed by atoms with E-state index in [9.17, 15) is 18.4 Å². The second kappa shape index (κ2) is 6.80. The number of nitrogens with two attached hydrogens (primary N) is 2. The number of benzene rings is 2. The van der Waals surface area contributed by atoms with Crippen molar-refractivity contribution >= 4 is 33.4 Å². The fourth-order valence-electron chi connectivity index (χ4n) is 1.62. The highest BCUT2D eigenvalue weighted by molar-refractivity contribution is 8.76. The van der Waals surface area contributed by atoms with Gasteiger partial charge in [0.05, 0.1) is 11.1 Å². The van der Waals surface area contributed by atoms with Gasteiger partial charge in [0, 0.05) is 9.79 Å². The molecule has 2 amide bonds. The molecule has 0 aliphatic rings. The first-order chi connectivity index (χ1) is 10.4. The zero-order chi connectivity index (χ0) is 16.3. The fraction of sp³-hybridized carbons (Fsp3) is 0. The van der Waals surface area contributed by atoms with Crippen molar-refractivity contribution in [1.29, 1.82) is 0 Å². The van der Waals surface area contributed by atoms with Crippen molar-refractivity contribution in [2.24, 2.45) is 11.5 Å². The second-order valence-electron chi connectivity index (χ2n) is 4.18. The van der Waals surface area contributed by atoms with Gasteiger partial charge in [-0.25, -0.2) is 8.78 Å². The number of carbonyl (C=O) groups is 2. The third kappa shape index (κ3) is 3.77. The molecule has 0 spiro atoms. The van der Waals surface area contributed by atoms with Crippen molar-refractivity contribution in [3.8, 4) is 0 Å². The summed E-state index contributed by atoms with van der Waals surface area (Å²) < 4.78 is 26.3. The normalized spacial score (nSPS) is 10.5. The van der Waals surface area contributed by atoms with Crippen LogP contribution in [0, 0.1) is 11.6 Å². The molecule has 4 nitrogen and oxygen atoms in total.